The Morgan fingerprint density at radius 3 is 3.06 bits per heavy atom. The van der Waals surface area contributed by atoms with Gasteiger partial charge in [0.15, 0.2) is 0 Å². The van der Waals surface area contributed by atoms with Gasteiger partial charge in [0.2, 0.25) is 0 Å². The van der Waals surface area contributed by atoms with Crippen LogP contribution >= 0.6 is 15.9 Å². The van der Waals surface area contributed by atoms with Crippen molar-refractivity contribution in [2.75, 3.05) is 20.1 Å². The van der Waals surface area contributed by atoms with Crippen molar-refractivity contribution < 1.29 is 9.18 Å². The first kappa shape index (κ1) is 13.5. The molecule has 1 N–H and O–H groups in total. The molecular weight excluding hydrogens is 299 g/mol. The number of hydrogen-bond donors (Lipinski definition) is 1. The monoisotopic (exact) mass is 314 g/mol. The van der Waals surface area contributed by atoms with Gasteiger partial charge in [-0.05, 0) is 44.6 Å². The topological polar surface area (TPSA) is 32.3 Å². The first-order valence-electron chi connectivity index (χ1n) is 6.00. The predicted molar refractivity (Wildman–Crippen MR) is 72.1 cm³/mol. The van der Waals surface area contributed by atoms with E-state index in [2.05, 4.69) is 26.1 Å². The molecule has 1 saturated heterocycles. The number of likely N-dealkylation sites (tertiary alicyclic amines) is 1. The summed E-state index contributed by atoms with van der Waals surface area (Å²) >= 11 is 3.24. The summed E-state index contributed by atoms with van der Waals surface area (Å²) in [5.74, 6) is -0.825. The average Bonchev–Trinajstić information content (AvgIpc) is 2.32. The van der Waals surface area contributed by atoms with E-state index in [9.17, 15) is 9.18 Å². The summed E-state index contributed by atoms with van der Waals surface area (Å²) < 4.78 is 14.3. The van der Waals surface area contributed by atoms with Crippen molar-refractivity contribution in [1.29, 1.82) is 0 Å². The molecule has 0 aliphatic carbocycles. The number of carbonyl (C=O) groups excluding carboxylic acids is 1. The highest BCUT2D eigenvalue weighted by Gasteiger charge is 2.21. The molecule has 1 aromatic rings. The van der Waals surface area contributed by atoms with E-state index in [-0.39, 0.29) is 17.5 Å². The van der Waals surface area contributed by atoms with Gasteiger partial charge in [-0.25, -0.2) is 4.39 Å². The maximum Gasteiger partial charge on any atom is 0.254 e. The van der Waals surface area contributed by atoms with Gasteiger partial charge in [-0.3, -0.25) is 4.79 Å². The van der Waals surface area contributed by atoms with Gasteiger partial charge in [0.05, 0.1) is 5.56 Å². The number of hydrogen-bond acceptors (Lipinski definition) is 2. The van der Waals surface area contributed by atoms with Crippen molar-refractivity contribution >= 4 is 21.8 Å². The number of nitrogens with one attached hydrogen (secondary N) is 1. The van der Waals surface area contributed by atoms with Crippen molar-refractivity contribution in [3.8, 4) is 0 Å². The van der Waals surface area contributed by atoms with E-state index >= 15 is 0 Å². The standard InChI is InChI=1S/C13H16BrFN2O/c1-17-6-2-3-10(8-17)16-13(18)11-7-9(14)4-5-12(11)15/h4-5,7,10H,2-3,6,8H2,1H3,(H,16,18). The highest BCUT2D eigenvalue weighted by Crippen LogP contribution is 2.16. The van der Waals surface area contributed by atoms with Crippen LogP contribution in [0.15, 0.2) is 22.7 Å². The van der Waals surface area contributed by atoms with E-state index < -0.39 is 5.82 Å². The van der Waals surface area contributed by atoms with Gasteiger partial charge >= 0.3 is 0 Å². The zero-order chi connectivity index (χ0) is 13.1. The lowest BCUT2D eigenvalue weighted by Crippen LogP contribution is -2.46. The minimum atomic E-state index is -0.486. The number of amides is 1. The second-order valence-electron chi connectivity index (χ2n) is 4.70. The number of benzene rings is 1. The Labute approximate surface area is 114 Å². The summed E-state index contributed by atoms with van der Waals surface area (Å²) in [6.07, 6.45) is 2.01. The van der Waals surface area contributed by atoms with Crippen molar-refractivity contribution in [2.24, 2.45) is 0 Å². The fourth-order valence-electron chi connectivity index (χ4n) is 2.22. The van der Waals surface area contributed by atoms with Crippen molar-refractivity contribution in [3.63, 3.8) is 0 Å². The molecule has 2 rings (SSSR count). The molecule has 0 bridgehead atoms. The molecule has 1 aliphatic heterocycles. The molecule has 1 aromatic carbocycles. The van der Waals surface area contributed by atoms with E-state index in [0.717, 1.165) is 25.9 Å². The van der Waals surface area contributed by atoms with Gasteiger partial charge in [-0.15, -0.1) is 0 Å². The third-order valence-corrected chi connectivity index (χ3v) is 3.63. The number of likely N-dealkylation sites (N-methyl/N-ethyl adjacent to an activating group) is 1. The molecule has 98 valence electrons. The van der Waals surface area contributed by atoms with Crippen LogP contribution in [0.4, 0.5) is 4.39 Å². The lowest BCUT2D eigenvalue weighted by molar-refractivity contribution is 0.0908. The quantitative estimate of drug-likeness (QED) is 0.909. The predicted octanol–water partition coefficient (Wildman–Crippen LogP) is 2.41. The fraction of sp³-hybridized carbons (Fsp3) is 0.462. The number of rotatable bonds is 2. The fourth-order valence-corrected chi connectivity index (χ4v) is 2.58. The van der Waals surface area contributed by atoms with Crippen molar-refractivity contribution in [3.05, 3.63) is 34.1 Å². The first-order valence-corrected chi connectivity index (χ1v) is 6.80. The Balaban J connectivity index is 2.05. The smallest absolute Gasteiger partial charge is 0.254 e. The zero-order valence-corrected chi connectivity index (χ0v) is 11.8. The summed E-state index contributed by atoms with van der Waals surface area (Å²) in [4.78, 5) is 14.2. The molecule has 1 heterocycles. The normalized spacial score (nSPS) is 20.7. The minimum absolute atomic E-state index is 0.0950. The van der Waals surface area contributed by atoms with Crippen LogP contribution in [0.5, 0.6) is 0 Å². The van der Waals surface area contributed by atoms with E-state index in [4.69, 9.17) is 0 Å². The lowest BCUT2D eigenvalue weighted by Gasteiger charge is -2.30. The summed E-state index contributed by atoms with van der Waals surface area (Å²) in [5.41, 5.74) is 0.0950. The molecule has 0 saturated carbocycles. The summed E-state index contributed by atoms with van der Waals surface area (Å²) in [7, 11) is 2.03. The molecule has 1 unspecified atom stereocenters. The molecule has 1 fully saturated rings. The number of carbonyl (C=O) groups is 1. The van der Waals surface area contributed by atoms with Crippen LogP contribution < -0.4 is 5.32 Å². The van der Waals surface area contributed by atoms with Crippen LogP contribution in [0.3, 0.4) is 0 Å². The van der Waals surface area contributed by atoms with Crippen LogP contribution in [0.1, 0.15) is 23.2 Å². The highest BCUT2D eigenvalue weighted by atomic mass is 79.9. The third kappa shape index (κ3) is 3.29. The molecule has 0 aromatic heterocycles. The lowest BCUT2D eigenvalue weighted by atomic mass is 10.1. The average molecular weight is 315 g/mol. The maximum atomic E-state index is 13.6. The van der Waals surface area contributed by atoms with Crippen LogP contribution in [0.2, 0.25) is 0 Å². The van der Waals surface area contributed by atoms with E-state index in [1.54, 1.807) is 6.07 Å². The molecule has 1 aliphatic rings. The summed E-state index contributed by atoms with van der Waals surface area (Å²) in [5, 5.41) is 2.89. The van der Waals surface area contributed by atoms with Gasteiger partial charge < -0.3 is 10.2 Å². The SMILES string of the molecule is CN1CCCC(NC(=O)c2cc(Br)ccc2F)C1. The Morgan fingerprint density at radius 1 is 1.56 bits per heavy atom. The molecule has 18 heavy (non-hydrogen) atoms. The molecule has 5 heteroatoms. The first-order chi connectivity index (χ1) is 8.56. The van der Waals surface area contributed by atoms with Crippen molar-refractivity contribution in [1.82, 2.24) is 10.2 Å². The van der Waals surface area contributed by atoms with Gasteiger partial charge in [0, 0.05) is 17.1 Å². The molecule has 0 radical (unpaired) electrons. The van der Waals surface area contributed by atoms with E-state index in [1.807, 2.05) is 7.05 Å². The minimum Gasteiger partial charge on any atom is -0.348 e. The number of halogens is 2. The van der Waals surface area contributed by atoms with Gasteiger partial charge in [0.25, 0.3) is 5.91 Å². The summed E-state index contributed by atoms with van der Waals surface area (Å²) in [6, 6.07) is 4.50. The molecule has 1 atom stereocenters. The van der Waals surface area contributed by atoms with Gasteiger partial charge in [-0.1, -0.05) is 15.9 Å². The molecular formula is C13H16BrFN2O. The van der Waals surface area contributed by atoms with Crippen LogP contribution in [-0.4, -0.2) is 37.0 Å². The highest BCUT2D eigenvalue weighted by molar-refractivity contribution is 9.10. The van der Waals surface area contributed by atoms with Crippen LogP contribution in [-0.2, 0) is 0 Å². The summed E-state index contributed by atoms with van der Waals surface area (Å²) in [6.45, 7) is 1.87. The maximum absolute atomic E-state index is 13.6. The Morgan fingerprint density at radius 2 is 2.33 bits per heavy atom. The van der Waals surface area contributed by atoms with Crippen LogP contribution in [0.25, 0.3) is 0 Å². The number of nitrogens with zero attached hydrogens (tertiary/aromatic N) is 1. The molecule has 0 spiro atoms. The van der Waals surface area contributed by atoms with Crippen LogP contribution in [0, 0.1) is 5.82 Å². The zero-order valence-electron chi connectivity index (χ0n) is 10.2. The largest absolute Gasteiger partial charge is 0.348 e. The number of piperidine rings is 1. The van der Waals surface area contributed by atoms with Gasteiger partial charge in [-0.2, -0.15) is 0 Å². The Kier molecular flexibility index (Phi) is 4.35. The second-order valence-corrected chi connectivity index (χ2v) is 5.61. The van der Waals surface area contributed by atoms with E-state index in [0.29, 0.717) is 4.47 Å². The second kappa shape index (κ2) is 5.80. The van der Waals surface area contributed by atoms with Gasteiger partial charge in [0.1, 0.15) is 5.82 Å². The molecule has 1 amide bonds. The Hall–Kier alpha value is -0.940. The Bertz CT molecular complexity index is 453. The molecule has 3 nitrogen and oxygen atoms in total. The third-order valence-electron chi connectivity index (χ3n) is 3.13. The van der Waals surface area contributed by atoms with Crippen molar-refractivity contribution in [2.45, 2.75) is 18.9 Å². The van der Waals surface area contributed by atoms with E-state index in [1.165, 1.54) is 12.1 Å².